The summed E-state index contributed by atoms with van der Waals surface area (Å²) in [7, 11) is -3.22. The van der Waals surface area contributed by atoms with Gasteiger partial charge in [-0.2, -0.15) is 0 Å². The van der Waals surface area contributed by atoms with Gasteiger partial charge in [-0.05, 0) is 18.8 Å². The molecular formula is C14H24N2O5S. The van der Waals surface area contributed by atoms with Gasteiger partial charge in [-0.15, -0.1) is 0 Å². The lowest BCUT2D eigenvalue weighted by molar-refractivity contribution is -0.138. The summed E-state index contributed by atoms with van der Waals surface area (Å²) in [6.45, 7) is 3.57. The summed E-state index contributed by atoms with van der Waals surface area (Å²) in [6, 6.07) is 0. The number of ether oxygens (including phenoxy) is 2. The molecule has 0 radical (unpaired) electrons. The van der Waals surface area contributed by atoms with Crippen molar-refractivity contribution in [2.24, 2.45) is 17.8 Å². The van der Waals surface area contributed by atoms with Crippen molar-refractivity contribution in [1.82, 2.24) is 9.62 Å². The highest BCUT2D eigenvalue weighted by molar-refractivity contribution is 7.88. The molecule has 126 valence electrons. The lowest BCUT2D eigenvalue weighted by Gasteiger charge is -2.37. The number of hydrogen-bond donors (Lipinski definition) is 1. The van der Waals surface area contributed by atoms with Crippen molar-refractivity contribution >= 4 is 15.9 Å². The number of fused-ring (bicyclic) bond motifs is 1. The standard InChI is InChI=1S/C14H24N2O5S/c1-22(18,19)15-6-13-12-7-16(4-2-10(12)9-21-13)14(17)11-3-5-20-8-11/h10-13,15H,2-9H2,1H3/t10-,11?,12-,13+/m0/s1. The van der Waals surface area contributed by atoms with E-state index < -0.39 is 10.0 Å². The van der Waals surface area contributed by atoms with Crippen LogP contribution in [0.15, 0.2) is 0 Å². The molecule has 3 aliphatic rings. The highest BCUT2D eigenvalue weighted by Crippen LogP contribution is 2.34. The molecule has 1 N–H and O–H groups in total. The Hall–Kier alpha value is -0.700. The minimum atomic E-state index is -3.22. The highest BCUT2D eigenvalue weighted by Gasteiger charge is 2.43. The van der Waals surface area contributed by atoms with Gasteiger partial charge in [-0.3, -0.25) is 4.79 Å². The second kappa shape index (κ2) is 6.43. The van der Waals surface area contributed by atoms with Crippen molar-refractivity contribution in [2.75, 3.05) is 45.7 Å². The molecule has 0 spiro atoms. The van der Waals surface area contributed by atoms with E-state index >= 15 is 0 Å². The second-order valence-electron chi connectivity index (χ2n) is 6.55. The van der Waals surface area contributed by atoms with Gasteiger partial charge < -0.3 is 14.4 Å². The van der Waals surface area contributed by atoms with Crippen LogP contribution in [0.4, 0.5) is 0 Å². The molecule has 1 unspecified atom stereocenters. The maximum atomic E-state index is 12.5. The molecule has 22 heavy (non-hydrogen) atoms. The molecule has 4 atom stereocenters. The Morgan fingerprint density at radius 3 is 2.82 bits per heavy atom. The van der Waals surface area contributed by atoms with Gasteiger partial charge in [0.1, 0.15) is 0 Å². The summed E-state index contributed by atoms with van der Waals surface area (Å²) in [5.74, 6) is 0.814. The number of nitrogens with zero attached hydrogens (tertiary/aromatic N) is 1. The first-order chi connectivity index (χ1) is 10.4. The molecular weight excluding hydrogens is 308 g/mol. The third-order valence-electron chi connectivity index (χ3n) is 4.95. The van der Waals surface area contributed by atoms with Crippen LogP contribution in [-0.4, -0.2) is 71.0 Å². The van der Waals surface area contributed by atoms with E-state index in [0.717, 1.165) is 25.6 Å². The van der Waals surface area contributed by atoms with Crippen molar-refractivity contribution < 1.29 is 22.7 Å². The SMILES string of the molecule is CS(=O)(=O)NC[C@H]1OC[C@@H]2CCN(C(=O)C3CCOC3)C[C@@H]21. The quantitative estimate of drug-likeness (QED) is 0.746. The van der Waals surface area contributed by atoms with E-state index in [-0.39, 0.29) is 30.4 Å². The van der Waals surface area contributed by atoms with E-state index in [2.05, 4.69) is 4.72 Å². The monoisotopic (exact) mass is 332 g/mol. The number of carbonyl (C=O) groups is 1. The molecule has 8 heteroatoms. The zero-order valence-electron chi connectivity index (χ0n) is 12.9. The van der Waals surface area contributed by atoms with Crippen LogP contribution in [0.2, 0.25) is 0 Å². The zero-order valence-corrected chi connectivity index (χ0v) is 13.7. The van der Waals surface area contributed by atoms with Crippen LogP contribution in [0, 0.1) is 17.8 Å². The number of nitrogens with one attached hydrogen (secondary N) is 1. The minimum absolute atomic E-state index is 0.00790. The van der Waals surface area contributed by atoms with Crippen LogP contribution >= 0.6 is 0 Å². The molecule has 0 aromatic heterocycles. The Kier molecular flexibility index (Phi) is 4.72. The third-order valence-corrected chi connectivity index (χ3v) is 5.64. The van der Waals surface area contributed by atoms with E-state index in [1.807, 2.05) is 4.90 Å². The Morgan fingerprint density at radius 2 is 2.14 bits per heavy atom. The van der Waals surface area contributed by atoms with Crippen molar-refractivity contribution in [1.29, 1.82) is 0 Å². The maximum absolute atomic E-state index is 12.5. The topological polar surface area (TPSA) is 84.9 Å². The van der Waals surface area contributed by atoms with Crippen molar-refractivity contribution in [3.63, 3.8) is 0 Å². The highest BCUT2D eigenvalue weighted by atomic mass is 32.2. The van der Waals surface area contributed by atoms with Crippen LogP contribution in [-0.2, 0) is 24.3 Å². The molecule has 3 saturated heterocycles. The second-order valence-corrected chi connectivity index (χ2v) is 8.38. The molecule has 0 saturated carbocycles. The summed E-state index contributed by atoms with van der Waals surface area (Å²) in [4.78, 5) is 14.4. The Bertz CT molecular complexity index is 517. The number of rotatable bonds is 4. The van der Waals surface area contributed by atoms with Crippen molar-refractivity contribution in [3.05, 3.63) is 0 Å². The van der Waals surface area contributed by atoms with Gasteiger partial charge in [0.15, 0.2) is 0 Å². The average molecular weight is 332 g/mol. The van der Waals surface area contributed by atoms with E-state index in [1.165, 1.54) is 0 Å². The number of likely N-dealkylation sites (tertiary alicyclic amines) is 1. The molecule has 0 aromatic carbocycles. The van der Waals surface area contributed by atoms with Gasteiger partial charge in [-0.1, -0.05) is 0 Å². The van der Waals surface area contributed by atoms with E-state index in [4.69, 9.17) is 9.47 Å². The molecule has 1 amide bonds. The summed E-state index contributed by atoms with van der Waals surface area (Å²) < 4.78 is 36.1. The first-order valence-electron chi connectivity index (χ1n) is 7.87. The largest absolute Gasteiger partial charge is 0.381 e. The fraction of sp³-hybridized carbons (Fsp3) is 0.929. The molecule has 3 heterocycles. The fourth-order valence-corrected chi connectivity index (χ4v) is 4.13. The summed E-state index contributed by atoms with van der Waals surface area (Å²) in [5.41, 5.74) is 0. The van der Waals surface area contributed by atoms with E-state index in [9.17, 15) is 13.2 Å². The lowest BCUT2D eigenvalue weighted by Crippen LogP contribution is -2.49. The number of carbonyl (C=O) groups excluding carboxylic acids is 1. The predicted octanol–water partition coefficient (Wildman–Crippen LogP) is -0.564. The van der Waals surface area contributed by atoms with E-state index in [0.29, 0.717) is 32.3 Å². The fourth-order valence-electron chi connectivity index (χ4n) is 3.66. The molecule has 7 nitrogen and oxygen atoms in total. The maximum Gasteiger partial charge on any atom is 0.228 e. The zero-order chi connectivity index (χ0) is 15.7. The van der Waals surface area contributed by atoms with Gasteiger partial charge in [-0.25, -0.2) is 13.1 Å². The molecule has 0 bridgehead atoms. The number of sulfonamides is 1. The van der Waals surface area contributed by atoms with Gasteiger partial charge in [0, 0.05) is 32.2 Å². The lowest BCUT2D eigenvalue weighted by atomic mass is 9.84. The normalized spacial score (nSPS) is 35.6. The van der Waals surface area contributed by atoms with Crippen LogP contribution in [0.5, 0.6) is 0 Å². The van der Waals surface area contributed by atoms with Crippen LogP contribution in [0.25, 0.3) is 0 Å². The number of piperidine rings is 1. The van der Waals surface area contributed by atoms with Crippen LogP contribution in [0.3, 0.4) is 0 Å². The van der Waals surface area contributed by atoms with E-state index in [1.54, 1.807) is 0 Å². The molecule has 3 aliphatic heterocycles. The minimum Gasteiger partial charge on any atom is -0.381 e. The summed E-state index contributed by atoms with van der Waals surface area (Å²) in [5, 5.41) is 0. The van der Waals surface area contributed by atoms with Crippen molar-refractivity contribution in [2.45, 2.75) is 18.9 Å². The number of hydrogen-bond acceptors (Lipinski definition) is 5. The first kappa shape index (κ1) is 16.2. The molecule has 3 rings (SSSR count). The molecule has 0 aromatic rings. The van der Waals surface area contributed by atoms with Gasteiger partial charge in [0.05, 0.1) is 31.5 Å². The smallest absolute Gasteiger partial charge is 0.228 e. The Morgan fingerprint density at radius 1 is 1.32 bits per heavy atom. The molecule has 0 aliphatic carbocycles. The summed E-state index contributed by atoms with van der Waals surface area (Å²) >= 11 is 0. The Balaban J connectivity index is 1.59. The van der Waals surface area contributed by atoms with Gasteiger partial charge >= 0.3 is 0 Å². The Labute approximate surface area is 131 Å². The number of amides is 1. The average Bonchev–Trinajstić information content (AvgIpc) is 3.12. The van der Waals surface area contributed by atoms with Crippen LogP contribution in [0.1, 0.15) is 12.8 Å². The van der Waals surface area contributed by atoms with Crippen molar-refractivity contribution in [3.8, 4) is 0 Å². The first-order valence-corrected chi connectivity index (χ1v) is 9.76. The molecule has 3 fully saturated rings. The van der Waals surface area contributed by atoms with Gasteiger partial charge in [0.2, 0.25) is 15.9 Å². The third kappa shape index (κ3) is 3.61. The van der Waals surface area contributed by atoms with Gasteiger partial charge in [0.25, 0.3) is 0 Å². The van der Waals surface area contributed by atoms with Crippen LogP contribution < -0.4 is 4.72 Å². The predicted molar refractivity (Wildman–Crippen MR) is 79.7 cm³/mol. The summed E-state index contributed by atoms with van der Waals surface area (Å²) in [6.07, 6.45) is 2.74.